The summed E-state index contributed by atoms with van der Waals surface area (Å²) in [4.78, 5) is 14.5. The topological polar surface area (TPSA) is 29.5 Å². The molecule has 2 atom stereocenters. The SMILES string of the molecule is CC(C)[C@H]1COC(=[Se])N1C(=O)[C@H](C)c1ccccc1. The van der Waals surface area contributed by atoms with Crippen LogP contribution in [0.2, 0.25) is 0 Å². The van der Waals surface area contributed by atoms with E-state index in [9.17, 15) is 4.79 Å². The van der Waals surface area contributed by atoms with Gasteiger partial charge in [-0.25, -0.2) is 0 Å². The zero-order valence-corrected chi connectivity index (χ0v) is 13.2. The van der Waals surface area contributed by atoms with Crippen molar-refractivity contribution < 1.29 is 9.53 Å². The molecule has 1 aliphatic heterocycles. The summed E-state index contributed by atoms with van der Waals surface area (Å²) < 4.78 is 6.12. The van der Waals surface area contributed by atoms with Crippen LogP contribution in [-0.4, -0.2) is 43.8 Å². The van der Waals surface area contributed by atoms with Crippen molar-refractivity contribution in [1.82, 2.24) is 4.90 Å². The number of hydrogen-bond donors (Lipinski definition) is 0. The van der Waals surface area contributed by atoms with Crippen LogP contribution < -0.4 is 0 Å². The van der Waals surface area contributed by atoms with Crippen molar-refractivity contribution in [3.8, 4) is 0 Å². The van der Waals surface area contributed by atoms with Crippen LogP contribution in [0.25, 0.3) is 0 Å². The minimum atomic E-state index is -0.160. The molecule has 0 aromatic heterocycles. The Morgan fingerprint density at radius 3 is 2.53 bits per heavy atom. The normalized spacial score (nSPS) is 20.5. The molecule has 0 bridgehead atoms. The van der Waals surface area contributed by atoms with Crippen molar-refractivity contribution in [2.45, 2.75) is 32.7 Å². The van der Waals surface area contributed by atoms with Gasteiger partial charge in [-0.15, -0.1) is 0 Å². The first-order valence-electron chi connectivity index (χ1n) is 6.57. The van der Waals surface area contributed by atoms with E-state index in [0.29, 0.717) is 17.3 Å². The van der Waals surface area contributed by atoms with Gasteiger partial charge in [0, 0.05) is 0 Å². The summed E-state index contributed by atoms with van der Waals surface area (Å²) in [5, 5.41) is 0. The van der Waals surface area contributed by atoms with Crippen LogP contribution in [0.1, 0.15) is 32.3 Å². The van der Waals surface area contributed by atoms with E-state index in [2.05, 4.69) is 29.4 Å². The molecule has 1 amide bonds. The second kappa shape index (κ2) is 5.89. The molecule has 0 spiro atoms. The fourth-order valence-corrected chi connectivity index (χ4v) is 2.89. The number of carbonyl (C=O) groups excluding carboxylic acids is 1. The van der Waals surface area contributed by atoms with E-state index >= 15 is 0 Å². The third-order valence-corrected chi connectivity index (χ3v) is 4.24. The van der Waals surface area contributed by atoms with E-state index < -0.39 is 0 Å². The summed E-state index contributed by atoms with van der Waals surface area (Å²) in [5.41, 5.74) is 1.04. The Kier molecular flexibility index (Phi) is 4.43. The van der Waals surface area contributed by atoms with Crippen molar-refractivity contribution in [1.29, 1.82) is 0 Å². The molecule has 3 nitrogen and oxygen atoms in total. The van der Waals surface area contributed by atoms with Gasteiger partial charge in [0.2, 0.25) is 0 Å². The van der Waals surface area contributed by atoms with Crippen LogP contribution in [0.4, 0.5) is 0 Å². The second-order valence-corrected chi connectivity index (χ2v) is 5.96. The molecule has 0 unspecified atom stereocenters. The summed E-state index contributed by atoms with van der Waals surface area (Å²) in [5.74, 6) is 0.307. The summed E-state index contributed by atoms with van der Waals surface area (Å²) in [6, 6.07) is 9.98. The molecule has 1 aromatic rings. The van der Waals surface area contributed by atoms with E-state index in [-0.39, 0.29) is 17.9 Å². The van der Waals surface area contributed by atoms with Crippen molar-refractivity contribution in [3.63, 3.8) is 0 Å². The van der Waals surface area contributed by atoms with Crippen molar-refractivity contribution in [2.75, 3.05) is 6.61 Å². The van der Waals surface area contributed by atoms with Gasteiger partial charge in [-0.2, -0.15) is 0 Å². The molecular weight excluding hydrogens is 305 g/mol. The Hall–Kier alpha value is -1.12. The van der Waals surface area contributed by atoms with Crippen LogP contribution in [0.15, 0.2) is 30.3 Å². The van der Waals surface area contributed by atoms with E-state index in [0.717, 1.165) is 5.56 Å². The van der Waals surface area contributed by atoms with Gasteiger partial charge in [-0.3, -0.25) is 0 Å². The van der Waals surface area contributed by atoms with Gasteiger partial charge in [0.1, 0.15) is 0 Å². The molecule has 4 heteroatoms. The number of rotatable bonds is 3. The van der Waals surface area contributed by atoms with Gasteiger partial charge in [0.15, 0.2) is 0 Å². The maximum atomic E-state index is 12.7. The van der Waals surface area contributed by atoms with Crippen molar-refractivity contribution >= 4 is 26.2 Å². The molecule has 0 saturated carbocycles. The fraction of sp³-hybridized carbons (Fsp3) is 0.467. The Labute approximate surface area is 122 Å². The molecule has 1 saturated heterocycles. The summed E-state index contributed by atoms with van der Waals surface area (Å²) in [6.07, 6.45) is 0. The molecule has 1 aliphatic rings. The number of nitrogens with zero attached hydrogens (tertiary/aromatic N) is 1. The number of benzene rings is 1. The van der Waals surface area contributed by atoms with Crippen molar-refractivity contribution in [2.24, 2.45) is 5.92 Å². The molecule has 102 valence electrons. The summed E-state index contributed by atoms with van der Waals surface area (Å²) >= 11 is 2.86. The minimum absolute atomic E-state index is 0.0937. The Bertz CT molecular complexity index is 472. The number of hydrogen-bond acceptors (Lipinski definition) is 2. The Balaban J connectivity index is 2.21. The molecule has 1 fully saturated rings. The maximum absolute atomic E-state index is 12.7. The summed E-state index contributed by atoms with van der Waals surface area (Å²) in [7, 11) is 0. The van der Waals surface area contributed by atoms with Crippen LogP contribution in [0.5, 0.6) is 0 Å². The molecule has 0 aliphatic carbocycles. The molecule has 1 heterocycles. The standard InChI is InChI=1S/C15H19NO2Se/c1-10(2)13-9-18-15(19)16(13)14(17)11(3)12-7-5-4-6-8-12/h4-8,10-11,13H,9H2,1-3H3/t11-,13-/m1/s1. The predicted octanol–water partition coefficient (Wildman–Crippen LogP) is 1.93. The van der Waals surface area contributed by atoms with E-state index in [1.807, 2.05) is 37.3 Å². The number of ether oxygens (including phenoxy) is 1. The van der Waals surface area contributed by atoms with E-state index in [4.69, 9.17) is 4.74 Å². The second-order valence-electron chi connectivity index (χ2n) is 5.23. The first-order chi connectivity index (χ1) is 9.02. The van der Waals surface area contributed by atoms with Gasteiger partial charge in [0.05, 0.1) is 0 Å². The quantitative estimate of drug-likeness (QED) is 0.795. The molecule has 1 aromatic carbocycles. The molecule has 2 rings (SSSR count). The van der Waals surface area contributed by atoms with Gasteiger partial charge < -0.3 is 0 Å². The third-order valence-electron chi connectivity index (χ3n) is 3.58. The molecular formula is C15H19NO2Se. The van der Waals surface area contributed by atoms with Crippen molar-refractivity contribution in [3.05, 3.63) is 35.9 Å². The fourth-order valence-electron chi connectivity index (χ4n) is 2.27. The number of carbonyl (C=O) groups is 1. The average Bonchev–Trinajstić information content (AvgIpc) is 2.80. The van der Waals surface area contributed by atoms with Gasteiger partial charge in [0.25, 0.3) is 0 Å². The molecule has 19 heavy (non-hydrogen) atoms. The third kappa shape index (κ3) is 2.90. The van der Waals surface area contributed by atoms with Crippen LogP contribution in [0, 0.1) is 5.92 Å². The first kappa shape index (κ1) is 14.3. The Morgan fingerprint density at radius 1 is 1.32 bits per heavy atom. The summed E-state index contributed by atoms with van der Waals surface area (Å²) in [6.45, 7) is 6.74. The molecule has 0 N–H and O–H groups in total. The van der Waals surface area contributed by atoms with Crippen LogP contribution in [0.3, 0.4) is 0 Å². The van der Waals surface area contributed by atoms with Crippen LogP contribution in [-0.2, 0) is 9.53 Å². The van der Waals surface area contributed by atoms with Gasteiger partial charge in [-0.05, 0) is 0 Å². The van der Waals surface area contributed by atoms with Crippen LogP contribution >= 0.6 is 0 Å². The average molecular weight is 324 g/mol. The van der Waals surface area contributed by atoms with E-state index in [1.165, 1.54) is 0 Å². The Morgan fingerprint density at radius 2 is 1.95 bits per heavy atom. The van der Waals surface area contributed by atoms with E-state index in [1.54, 1.807) is 4.90 Å². The number of amides is 1. The zero-order valence-electron chi connectivity index (χ0n) is 11.5. The van der Waals surface area contributed by atoms with Gasteiger partial charge in [-0.1, -0.05) is 0 Å². The monoisotopic (exact) mass is 325 g/mol. The first-order valence-corrected chi connectivity index (χ1v) is 7.42. The predicted molar refractivity (Wildman–Crippen MR) is 77.0 cm³/mol. The zero-order chi connectivity index (χ0) is 14.0. The van der Waals surface area contributed by atoms with Gasteiger partial charge >= 0.3 is 122 Å². The molecule has 0 radical (unpaired) electrons.